The van der Waals surface area contributed by atoms with Gasteiger partial charge in [0.25, 0.3) is 0 Å². The van der Waals surface area contributed by atoms with Gasteiger partial charge < -0.3 is 4.74 Å². The van der Waals surface area contributed by atoms with Crippen molar-refractivity contribution >= 4 is 34.0 Å². The van der Waals surface area contributed by atoms with Crippen molar-refractivity contribution in [3.8, 4) is 0 Å². The van der Waals surface area contributed by atoms with Gasteiger partial charge in [-0.05, 0) is 42.8 Å². The van der Waals surface area contributed by atoms with Gasteiger partial charge in [0.15, 0.2) is 6.29 Å². The molecule has 92 valence electrons. The van der Waals surface area contributed by atoms with Crippen molar-refractivity contribution in [1.29, 1.82) is 0 Å². The maximum Gasteiger partial charge on any atom is 0.412 e. The van der Waals surface area contributed by atoms with Gasteiger partial charge in [-0.25, -0.2) is 9.78 Å². The van der Waals surface area contributed by atoms with Crippen LogP contribution in [0.2, 0.25) is 0 Å². The van der Waals surface area contributed by atoms with Crippen molar-refractivity contribution in [2.24, 2.45) is 0 Å². The summed E-state index contributed by atoms with van der Waals surface area (Å²) in [6.07, 6.45) is 1.46. The van der Waals surface area contributed by atoms with Crippen molar-refractivity contribution in [2.45, 2.75) is 26.4 Å². The minimum Gasteiger partial charge on any atom is -0.444 e. The first-order chi connectivity index (χ1) is 7.81. The molecule has 0 fully saturated rings. The summed E-state index contributed by atoms with van der Waals surface area (Å²) in [4.78, 5) is 26.0. The van der Waals surface area contributed by atoms with Crippen LogP contribution in [0.3, 0.4) is 0 Å². The second kappa shape index (κ2) is 5.27. The van der Waals surface area contributed by atoms with Crippen LogP contribution >= 0.6 is 15.9 Å². The number of nitrogens with one attached hydrogen (secondary N) is 1. The molecule has 0 saturated heterocycles. The number of pyridine rings is 1. The Labute approximate surface area is 108 Å². The summed E-state index contributed by atoms with van der Waals surface area (Å²) >= 11 is 3.17. The third kappa shape index (κ3) is 4.52. The van der Waals surface area contributed by atoms with Crippen LogP contribution < -0.4 is 5.32 Å². The van der Waals surface area contributed by atoms with E-state index in [9.17, 15) is 9.59 Å². The van der Waals surface area contributed by atoms with E-state index in [1.807, 2.05) is 0 Å². The maximum absolute atomic E-state index is 11.5. The molecule has 5 nitrogen and oxygen atoms in total. The Morgan fingerprint density at radius 1 is 1.53 bits per heavy atom. The molecule has 0 aliphatic carbocycles. The van der Waals surface area contributed by atoms with Gasteiger partial charge in [0, 0.05) is 11.8 Å². The number of carbonyl (C=O) groups is 2. The van der Waals surface area contributed by atoms with Gasteiger partial charge in [0.05, 0.1) is 5.69 Å². The Morgan fingerprint density at radius 3 is 2.71 bits per heavy atom. The molecule has 0 atom stereocenters. The van der Waals surface area contributed by atoms with Gasteiger partial charge in [-0.1, -0.05) is 0 Å². The lowest BCUT2D eigenvalue weighted by Gasteiger charge is -2.19. The number of halogens is 1. The first-order valence-electron chi connectivity index (χ1n) is 4.92. The number of nitrogens with zero attached hydrogens (tertiary/aromatic N) is 1. The van der Waals surface area contributed by atoms with E-state index < -0.39 is 11.7 Å². The molecule has 1 N–H and O–H groups in total. The average Bonchev–Trinajstić information content (AvgIpc) is 2.18. The number of aldehydes is 1. The van der Waals surface area contributed by atoms with E-state index in [2.05, 4.69) is 26.2 Å². The van der Waals surface area contributed by atoms with Crippen LogP contribution in [0.4, 0.5) is 10.5 Å². The minimum atomic E-state index is -0.594. The lowest BCUT2D eigenvalue weighted by atomic mass is 10.2. The zero-order chi connectivity index (χ0) is 13.1. The molecule has 1 amide bonds. The SMILES string of the molecule is CC(C)(C)OC(=O)Nc1cc(C=O)cnc1Br. The molecule has 0 aromatic carbocycles. The molecule has 0 radical (unpaired) electrons. The van der Waals surface area contributed by atoms with Crippen molar-refractivity contribution in [1.82, 2.24) is 4.98 Å². The zero-order valence-electron chi connectivity index (χ0n) is 9.78. The molecule has 0 unspecified atom stereocenters. The van der Waals surface area contributed by atoms with Gasteiger partial charge in [-0.2, -0.15) is 0 Å². The Bertz CT molecular complexity index is 441. The van der Waals surface area contributed by atoms with Crippen LogP contribution in [-0.2, 0) is 4.74 Å². The molecule has 6 heteroatoms. The predicted octanol–water partition coefficient (Wildman–Crippen LogP) is 3.00. The first kappa shape index (κ1) is 13.6. The molecule has 0 saturated carbocycles. The molecule has 1 rings (SSSR count). The number of rotatable bonds is 2. The molecular weight excluding hydrogens is 288 g/mol. The molecule has 0 aliphatic rings. The summed E-state index contributed by atoms with van der Waals surface area (Å²) in [6, 6.07) is 1.51. The Kier molecular flexibility index (Phi) is 4.22. The molecule has 1 heterocycles. The smallest absolute Gasteiger partial charge is 0.412 e. The number of hydrogen-bond donors (Lipinski definition) is 1. The van der Waals surface area contributed by atoms with Gasteiger partial charge in [-0.15, -0.1) is 0 Å². The summed E-state index contributed by atoms with van der Waals surface area (Å²) in [5.74, 6) is 0. The number of anilines is 1. The standard InChI is InChI=1S/C11H13BrN2O3/c1-11(2,3)17-10(16)14-8-4-7(6-15)5-13-9(8)12/h4-6H,1-3H3,(H,14,16). The second-order valence-corrected chi connectivity index (χ2v) is 5.10. The highest BCUT2D eigenvalue weighted by molar-refractivity contribution is 9.10. The second-order valence-electron chi connectivity index (χ2n) is 4.35. The quantitative estimate of drug-likeness (QED) is 0.673. The monoisotopic (exact) mass is 300 g/mol. The van der Waals surface area contributed by atoms with E-state index >= 15 is 0 Å². The summed E-state index contributed by atoms with van der Waals surface area (Å²) < 4.78 is 5.52. The average molecular weight is 301 g/mol. The zero-order valence-corrected chi connectivity index (χ0v) is 11.4. The van der Waals surface area contributed by atoms with Crippen LogP contribution in [-0.4, -0.2) is 23.0 Å². The fourth-order valence-corrected chi connectivity index (χ4v) is 1.35. The minimum absolute atomic E-state index is 0.374. The van der Waals surface area contributed by atoms with E-state index in [1.165, 1.54) is 12.3 Å². The maximum atomic E-state index is 11.5. The van der Waals surface area contributed by atoms with E-state index in [0.29, 0.717) is 22.1 Å². The van der Waals surface area contributed by atoms with Gasteiger partial charge in [0.2, 0.25) is 0 Å². The van der Waals surface area contributed by atoms with Crippen LogP contribution in [0.5, 0.6) is 0 Å². The van der Waals surface area contributed by atoms with E-state index in [0.717, 1.165) is 0 Å². The Morgan fingerprint density at radius 2 is 2.18 bits per heavy atom. The largest absolute Gasteiger partial charge is 0.444 e. The van der Waals surface area contributed by atoms with E-state index in [1.54, 1.807) is 20.8 Å². The molecular formula is C11H13BrN2O3. The number of carbonyl (C=O) groups excluding carboxylic acids is 2. The van der Waals surface area contributed by atoms with Crippen molar-refractivity contribution in [2.75, 3.05) is 5.32 Å². The molecule has 1 aromatic rings. The summed E-state index contributed by atoms with van der Waals surface area (Å²) in [7, 11) is 0. The Hall–Kier alpha value is -1.43. The fraction of sp³-hybridized carbons (Fsp3) is 0.364. The number of aromatic nitrogens is 1. The van der Waals surface area contributed by atoms with Crippen LogP contribution in [0.15, 0.2) is 16.9 Å². The highest BCUT2D eigenvalue weighted by Gasteiger charge is 2.17. The summed E-state index contributed by atoms with van der Waals surface area (Å²) in [5, 5.41) is 2.51. The summed E-state index contributed by atoms with van der Waals surface area (Å²) in [5.41, 5.74) is 0.190. The lowest BCUT2D eigenvalue weighted by Crippen LogP contribution is -2.27. The van der Waals surface area contributed by atoms with Gasteiger partial charge in [-0.3, -0.25) is 10.1 Å². The van der Waals surface area contributed by atoms with Crippen molar-refractivity contribution in [3.63, 3.8) is 0 Å². The van der Waals surface area contributed by atoms with E-state index in [-0.39, 0.29) is 0 Å². The van der Waals surface area contributed by atoms with Crippen LogP contribution in [0.25, 0.3) is 0 Å². The third-order valence-electron chi connectivity index (χ3n) is 1.63. The molecule has 0 bridgehead atoms. The lowest BCUT2D eigenvalue weighted by molar-refractivity contribution is 0.0635. The molecule has 1 aromatic heterocycles. The highest BCUT2D eigenvalue weighted by atomic mass is 79.9. The van der Waals surface area contributed by atoms with Gasteiger partial charge >= 0.3 is 6.09 Å². The van der Waals surface area contributed by atoms with Crippen molar-refractivity contribution < 1.29 is 14.3 Å². The van der Waals surface area contributed by atoms with Crippen LogP contribution in [0, 0.1) is 0 Å². The Balaban J connectivity index is 2.81. The third-order valence-corrected chi connectivity index (χ3v) is 2.26. The number of ether oxygens (including phenoxy) is 1. The van der Waals surface area contributed by atoms with E-state index in [4.69, 9.17) is 4.74 Å². The highest BCUT2D eigenvalue weighted by Crippen LogP contribution is 2.21. The molecule has 17 heavy (non-hydrogen) atoms. The van der Waals surface area contributed by atoms with Gasteiger partial charge in [0.1, 0.15) is 10.2 Å². The predicted molar refractivity (Wildman–Crippen MR) is 67.2 cm³/mol. The number of amides is 1. The van der Waals surface area contributed by atoms with Crippen LogP contribution in [0.1, 0.15) is 31.1 Å². The first-order valence-corrected chi connectivity index (χ1v) is 5.72. The number of hydrogen-bond acceptors (Lipinski definition) is 4. The summed E-state index contributed by atoms with van der Waals surface area (Å²) in [6.45, 7) is 5.30. The normalized spacial score (nSPS) is 10.8. The fourth-order valence-electron chi connectivity index (χ4n) is 1.03. The van der Waals surface area contributed by atoms with Crippen molar-refractivity contribution in [3.05, 3.63) is 22.4 Å². The molecule has 0 aliphatic heterocycles. The molecule has 0 spiro atoms. The topological polar surface area (TPSA) is 68.3 Å².